The molecule has 3 aliphatic rings. The summed E-state index contributed by atoms with van der Waals surface area (Å²) in [6.07, 6.45) is 0.716. The Balaban J connectivity index is 1.27. The zero-order valence-corrected chi connectivity index (χ0v) is 26.8. The fourth-order valence-corrected chi connectivity index (χ4v) is 8.43. The van der Waals surface area contributed by atoms with Crippen molar-refractivity contribution in [1.29, 1.82) is 0 Å². The molecule has 3 aromatic carbocycles. The van der Waals surface area contributed by atoms with Gasteiger partial charge < -0.3 is 4.74 Å². The number of hydrazine groups is 1. The van der Waals surface area contributed by atoms with Gasteiger partial charge in [-0.3, -0.25) is 19.2 Å². The Labute approximate surface area is 273 Å². The summed E-state index contributed by atoms with van der Waals surface area (Å²) in [4.78, 5) is 67.3. The lowest BCUT2D eigenvalue weighted by atomic mass is 9.81. The van der Waals surface area contributed by atoms with Crippen molar-refractivity contribution >= 4 is 84.5 Å². The zero-order valence-electron chi connectivity index (χ0n) is 22.2. The van der Waals surface area contributed by atoms with Gasteiger partial charge in [0.1, 0.15) is 12.3 Å². The Morgan fingerprint density at radius 2 is 1.37 bits per heavy atom. The second kappa shape index (κ2) is 11.8. The van der Waals surface area contributed by atoms with Crippen LogP contribution in [-0.2, 0) is 9.59 Å². The predicted octanol–water partition coefficient (Wildman–Crippen LogP) is 6.23. The lowest BCUT2D eigenvalue weighted by Gasteiger charge is -2.31. The summed E-state index contributed by atoms with van der Waals surface area (Å²) in [6.45, 7) is -0.593. The van der Waals surface area contributed by atoms with Crippen molar-refractivity contribution < 1.29 is 28.7 Å². The molecule has 2 aliphatic carbocycles. The number of carbonyl (C=O) groups excluding carboxylic acids is 5. The third-order valence-corrected chi connectivity index (χ3v) is 12.2. The third-order valence-electron chi connectivity index (χ3n) is 8.30. The number of Topliss-reactive ketones (excluding diaryl/α,β-unsaturated/α-hetero) is 1. The molecular weight excluding hydrogens is 727 g/mol. The first-order chi connectivity index (χ1) is 20.6. The van der Waals surface area contributed by atoms with Gasteiger partial charge in [0.15, 0.2) is 5.78 Å². The van der Waals surface area contributed by atoms with Gasteiger partial charge in [0, 0.05) is 20.8 Å². The molecule has 1 saturated heterocycles. The number of alkyl halides is 2. The Morgan fingerprint density at radius 1 is 0.791 bits per heavy atom. The van der Waals surface area contributed by atoms with Crippen molar-refractivity contribution in [3.63, 3.8) is 0 Å². The van der Waals surface area contributed by atoms with E-state index in [0.29, 0.717) is 12.0 Å². The second-order valence-electron chi connectivity index (χ2n) is 10.7. The Kier molecular flexibility index (Phi) is 8.23. The number of halogens is 4. The maximum absolute atomic E-state index is 13.8. The highest BCUT2D eigenvalue weighted by atomic mass is 79.9. The molecule has 2 saturated carbocycles. The van der Waals surface area contributed by atoms with Gasteiger partial charge in [-0.05, 0) is 72.9 Å². The van der Waals surface area contributed by atoms with E-state index in [1.807, 2.05) is 0 Å². The van der Waals surface area contributed by atoms with Gasteiger partial charge in [-0.2, -0.15) is 5.01 Å². The highest BCUT2D eigenvalue weighted by Crippen LogP contribution is 2.60. The van der Waals surface area contributed by atoms with Crippen molar-refractivity contribution in [2.24, 2.45) is 23.7 Å². The van der Waals surface area contributed by atoms with Crippen molar-refractivity contribution in [2.45, 2.75) is 16.1 Å². The smallest absolute Gasteiger partial charge is 0.343 e. The molecule has 0 spiro atoms. The first kappa shape index (κ1) is 30.0. The van der Waals surface area contributed by atoms with Gasteiger partial charge in [-0.1, -0.05) is 73.3 Å². The topological polar surface area (TPSA) is 101 Å². The van der Waals surface area contributed by atoms with E-state index in [2.05, 4.69) is 31.9 Å². The average molecular weight is 749 g/mol. The largest absolute Gasteiger partial charge is 0.423 e. The van der Waals surface area contributed by atoms with Crippen molar-refractivity contribution in [3.05, 3.63) is 99.5 Å². The number of fused-ring (bicyclic) bond motifs is 5. The number of ether oxygens (including phenoxy) is 1. The average Bonchev–Trinajstić information content (AvgIpc) is 3.62. The standard InChI is InChI=1S/C31H22Br2Cl2N2O6/c32-26-19-13-20(27(26)33)25-24(19)29(40)37(30(25)41)36(28(39)17-8-11-21(34)22(35)12-17)14-23(38)15-6-9-18(10-7-15)43-31(42)16-4-2-1-3-5-16/h1-12,19-20,24-27H,13-14H2/t19-,20-,24-,25+,26-,27+/m1/s1. The number of ketones is 1. The van der Waals surface area contributed by atoms with Crippen molar-refractivity contribution in [2.75, 3.05) is 6.54 Å². The van der Waals surface area contributed by atoms with Gasteiger partial charge in [-0.15, -0.1) is 0 Å². The first-order valence-electron chi connectivity index (χ1n) is 13.4. The second-order valence-corrected chi connectivity index (χ2v) is 13.6. The van der Waals surface area contributed by atoms with Crippen molar-refractivity contribution in [3.8, 4) is 5.75 Å². The van der Waals surface area contributed by atoms with E-state index < -0.39 is 47.9 Å². The summed E-state index contributed by atoms with van der Waals surface area (Å²) in [5, 5.41) is 2.08. The number of benzene rings is 3. The van der Waals surface area contributed by atoms with E-state index in [4.69, 9.17) is 27.9 Å². The molecule has 2 bridgehead atoms. The van der Waals surface area contributed by atoms with E-state index in [1.54, 1.807) is 30.3 Å². The number of amides is 3. The quantitative estimate of drug-likeness (QED) is 0.0935. The zero-order chi connectivity index (χ0) is 30.6. The first-order valence-corrected chi connectivity index (χ1v) is 16.0. The molecule has 6 atom stereocenters. The fraction of sp³-hybridized carbons (Fsp3) is 0.258. The van der Waals surface area contributed by atoms with Gasteiger partial charge in [-0.25, -0.2) is 9.80 Å². The summed E-state index contributed by atoms with van der Waals surface area (Å²) in [5.74, 6) is -3.97. The molecule has 3 fully saturated rings. The monoisotopic (exact) mass is 746 g/mol. The summed E-state index contributed by atoms with van der Waals surface area (Å²) in [7, 11) is 0. The van der Waals surface area contributed by atoms with Gasteiger partial charge >= 0.3 is 5.97 Å². The number of hydrogen-bond acceptors (Lipinski definition) is 6. The maximum atomic E-state index is 13.8. The minimum absolute atomic E-state index is 0.00538. The fourth-order valence-electron chi connectivity index (χ4n) is 6.26. The SMILES string of the molecule is O=C(CN(C(=O)c1ccc(Cl)c(Cl)c1)N1C(=O)[C@@H]2[C@H]3C[C@@H]([C@H](Br)[C@@H]3Br)[C@@H]2C1=O)c1ccc(OC(=O)c2ccccc2)cc1. The number of carbonyl (C=O) groups is 5. The van der Waals surface area contributed by atoms with E-state index in [1.165, 1.54) is 42.5 Å². The Morgan fingerprint density at radius 3 is 1.95 bits per heavy atom. The molecule has 3 aromatic rings. The van der Waals surface area contributed by atoms with Gasteiger partial charge in [0.2, 0.25) is 0 Å². The molecule has 3 amide bonds. The van der Waals surface area contributed by atoms with Crippen LogP contribution >= 0.6 is 55.1 Å². The molecular formula is C31H22Br2Cl2N2O6. The lowest BCUT2D eigenvalue weighted by Crippen LogP contribution is -2.52. The number of esters is 1. The summed E-state index contributed by atoms with van der Waals surface area (Å²) >= 11 is 19.5. The molecule has 220 valence electrons. The van der Waals surface area contributed by atoms with Crippen LogP contribution in [0.2, 0.25) is 10.0 Å². The number of nitrogens with zero attached hydrogens (tertiary/aromatic N) is 2. The number of hydrogen-bond donors (Lipinski definition) is 0. The van der Waals surface area contributed by atoms with Gasteiger partial charge in [0.25, 0.3) is 17.7 Å². The summed E-state index contributed by atoms with van der Waals surface area (Å²) < 4.78 is 5.38. The molecule has 12 heteroatoms. The highest BCUT2D eigenvalue weighted by molar-refractivity contribution is 9.12. The molecule has 8 nitrogen and oxygen atoms in total. The van der Waals surface area contributed by atoms with Crippen LogP contribution in [0.25, 0.3) is 0 Å². The normalized spacial score (nSPS) is 25.5. The van der Waals surface area contributed by atoms with E-state index in [-0.39, 0.29) is 48.4 Å². The van der Waals surface area contributed by atoms with Crippen LogP contribution in [-0.4, -0.2) is 55.7 Å². The lowest BCUT2D eigenvalue weighted by molar-refractivity contribution is -0.154. The van der Waals surface area contributed by atoms with Crippen LogP contribution in [0.1, 0.15) is 37.5 Å². The summed E-state index contributed by atoms with van der Waals surface area (Å²) in [5.41, 5.74) is 0.615. The molecule has 43 heavy (non-hydrogen) atoms. The maximum Gasteiger partial charge on any atom is 0.343 e. The van der Waals surface area contributed by atoms with Crippen LogP contribution in [0.5, 0.6) is 5.75 Å². The molecule has 0 aromatic heterocycles. The summed E-state index contributed by atoms with van der Waals surface area (Å²) in [6, 6.07) is 18.5. The Bertz CT molecular complexity index is 1620. The van der Waals surface area contributed by atoms with Crippen LogP contribution in [0.15, 0.2) is 72.8 Å². The van der Waals surface area contributed by atoms with E-state index in [0.717, 1.165) is 10.0 Å². The molecule has 0 N–H and O–H groups in total. The van der Waals surface area contributed by atoms with Crippen LogP contribution in [0, 0.1) is 23.7 Å². The van der Waals surface area contributed by atoms with Crippen molar-refractivity contribution in [1.82, 2.24) is 10.0 Å². The minimum Gasteiger partial charge on any atom is -0.423 e. The Hall–Kier alpha value is -3.05. The molecule has 1 aliphatic heterocycles. The molecule has 0 unspecified atom stereocenters. The van der Waals surface area contributed by atoms with Crippen LogP contribution in [0.3, 0.4) is 0 Å². The molecule has 6 rings (SSSR count). The van der Waals surface area contributed by atoms with Gasteiger partial charge in [0.05, 0.1) is 27.4 Å². The molecule has 0 radical (unpaired) electrons. The van der Waals surface area contributed by atoms with Crippen LogP contribution in [0.4, 0.5) is 0 Å². The highest BCUT2D eigenvalue weighted by Gasteiger charge is 2.67. The van der Waals surface area contributed by atoms with E-state index >= 15 is 0 Å². The predicted molar refractivity (Wildman–Crippen MR) is 166 cm³/mol. The molecule has 1 heterocycles. The number of rotatable bonds is 7. The third kappa shape index (κ3) is 5.32. The number of imide groups is 1. The minimum atomic E-state index is -0.750. The van der Waals surface area contributed by atoms with Crippen LogP contribution < -0.4 is 4.74 Å². The van der Waals surface area contributed by atoms with E-state index in [9.17, 15) is 24.0 Å².